The van der Waals surface area contributed by atoms with E-state index in [2.05, 4.69) is 158 Å². The quantitative estimate of drug-likeness (QED) is 0.144. The highest BCUT2D eigenvalue weighted by molar-refractivity contribution is 6.19. The summed E-state index contributed by atoms with van der Waals surface area (Å²) in [4.78, 5) is 10.8. The summed E-state index contributed by atoms with van der Waals surface area (Å²) >= 11 is 0. The predicted octanol–water partition coefficient (Wildman–Crippen LogP) is 12.5. The summed E-state index contributed by atoms with van der Waals surface area (Å²) in [5.74, 6) is 0.692. The van der Waals surface area contributed by atoms with E-state index >= 15 is 0 Å². The molecule has 0 aliphatic heterocycles. The maximum absolute atomic E-state index is 6.33. The monoisotopic (exact) mass is 624 g/mol. The average molecular weight is 625 g/mol. The van der Waals surface area contributed by atoms with E-state index in [-0.39, 0.29) is 0 Å². The summed E-state index contributed by atoms with van der Waals surface area (Å²) in [6.45, 7) is 0. The lowest BCUT2D eigenvalue weighted by Gasteiger charge is -2.16. The van der Waals surface area contributed by atoms with Crippen LogP contribution in [0.5, 0.6) is 0 Å². The lowest BCUT2D eigenvalue weighted by atomic mass is 9.92. The minimum atomic E-state index is 0.692. The first-order valence-corrected chi connectivity index (χ1v) is 16.6. The van der Waals surface area contributed by atoms with Crippen LogP contribution in [0.1, 0.15) is 0 Å². The summed E-state index contributed by atoms with van der Waals surface area (Å²) in [5.41, 5.74) is 8.76. The summed E-state index contributed by atoms with van der Waals surface area (Å²) in [6.07, 6.45) is 0. The zero-order valence-corrected chi connectivity index (χ0v) is 26.5. The van der Waals surface area contributed by atoms with Gasteiger partial charge in [-0.25, -0.2) is 9.97 Å². The molecule has 3 nitrogen and oxygen atoms in total. The van der Waals surface area contributed by atoms with Gasteiger partial charge in [-0.2, -0.15) is 0 Å². The van der Waals surface area contributed by atoms with Crippen molar-refractivity contribution >= 4 is 54.3 Å². The molecule has 0 amide bonds. The molecule has 8 aromatic carbocycles. The van der Waals surface area contributed by atoms with Crippen LogP contribution < -0.4 is 0 Å². The van der Waals surface area contributed by atoms with Crippen LogP contribution in [0, 0.1) is 0 Å². The number of hydrogen-bond donors (Lipinski definition) is 0. The third-order valence-corrected chi connectivity index (χ3v) is 9.68. The Bertz CT molecular complexity index is 2890. The van der Waals surface area contributed by atoms with Crippen molar-refractivity contribution in [2.24, 2.45) is 0 Å². The number of nitrogens with zero attached hydrogens (tertiary/aromatic N) is 2. The van der Waals surface area contributed by atoms with Crippen LogP contribution in [0.3, 0.4) is 0 Å². The Balaban J connectivity index is 1.29. The van der Waals surface area contributed by atoms with Crippen LogP contribution in [0.25, 0.3) is 99.3 Å². The van der Waals surface area contributed by atoms with Crippen LogP contribution in [-0.4, -0.2) is 9.97 Å². The van der Waals surface area contributed by atoms with Gasteiger partial charge in [0.25, 0.3) is 0 Å². The van der Waals surface area contributed by atoms with E-state index in [9.17, 15) is 0 Å². The minimum Gasteiger partial charge on any atom is -0.456 e. The van der Waals surface area contributed by atoms with Crippen LogP contribution in [0.15, 0.2) is 174 Å². The molecule has 2 aromatic heterocycles. The Kier molecular flexibility index (Phi) is 6.18. The van der Waals surface area contributed by atoms with Crippen molar-refractivity contribution in [2.75, 3.05) is 0 Å². The molecule has 228 valence electrons. The van der Waals surface area contributed by atoms with Gasteiger partial charge in [0.05, 0.1) is 11.4 Å². The topological polar surface area (TPSA) is 38.9 Å². The summed E-state index contributed by atoms with van der Waals surface area (Å²) in [7, 11) is 0. The first-order valence-electron chi connectivity index (χ1n) is 16.6. The number of fused-ring (bicyclic) bond motifs is 7. The Morgan fingerprint density at radius 3 is 1.88 bits per heavy atom. The van der Waals surface area contributed by atoms with Gasteiger partial charge in [-0.05, 0) is 73.8 Å². The van der Waals surface area contributed by atoms with E-state index in [1.807, 2.05) is 12.1 Å². The number of furan rings is 1. The second-order valence-electron chi connectivity index (χ2n) is 12.5. The van der Waals surface area contributed by atoms with Gasteiger partial charge < -0.3 is 4.42 Å². The van der Waals surface area contributed by atoms with Crippen molar-refractivity contribution in [3.8, 4) is 45.0 Å². The second-order valence-corrected chi connectivity index (χ2v) is 12.5. The molecule has 0 saturated carbocycles. The first-order chi connectivity index (χ1) is 24.3. The van der Waals surface area contributed by atoms with Crippen molar-refractivity contribution < 1.29 is 4.42 Å². The molecule has 0 radical (unpaired) electrons. The SMILES string of the molecule is c1ccc(-c2ccccc2-c2cc(-c3ccc4c(c3)oc3ccccc34)nc(-c3c4ccccc4cc4c3ccc3ccccc34)n2)cc1. The number of para-hydroxylation sites is 1. The van der Waals surface area contributed by atoms with Crippen molar-refractivity contribution in [1.82, 2.24) is 9.97 Å². The van der Waals surface area contributed by atoms with Gasteiger partial charge >= 0.3 is 0 Å². The van der Waals surface area contributed by atoms with Crippen molar-refractivity contribution in [3.05, 3.63) is 170 Å². The number of hydrogen-bond acceptors (Lipinski definition) is 3. The molecule has 0 bridgehead atoms. The molecule has 0 atom stereocenters. The normalized spacial score (nSPS) is 11.7. The van der Waals surface area contributed by atoms with Gasteiger partial charge in [-0.3, -0.25) is 0 Å². The summed E-state index contributed by atoms with van der Waals surface area (Å²) < 4.78 is 6.33. The highest BCUT2D eigenvalue weighted by atomic mass is 16.3. The van der Waals surface area contributed by atoms with Crippen molar-refractivity contribution in [3.63, 3.8) is 0 Å². The molecule has 10 aromatic rings. The Hall–Kier alpha value is -6.58. The maximum Gasteiger partial charge on any atom is 0.161 e. The van der Waals surface area contributed by atoms with E-state index in [0.29, 0.717) is 5.82 Å². The molecule has 0 saturated heterocycles. The maximum atomic E-state index is 6.33. The van der Waals surface area contributed by atoms with Gasteiger partial charge in [0.1, 0.15) is 11.2 Å². The molecule has 0 fully saturated rings. The standard InChI is InChI=1S/C46H28N2O/c1-2-12-29(13-3-1)33-16-8-9-19-36(33)42-28-41(32-23-24-38-37-20-10-11-21-43(37)49-44(38)27-32)47-46(48-42)45-35-18-7-5-15-31(35)26-40-34-17-6-4-14-30(34)22-25-39(40)45/h1-28H. The van der Waals surface area contributed by atoms with Gasteiger partial charge in [0.2, 0.25) is 0 Å². The van der Waals surface area contributed by atoms with Crippen LogP contribution in [-0.2, 0) is 0 Å². The first kappa shape index (κ1) is 27.5. The average Bonchev–Trinajstić information content (AvgIpc) is 3.55. The largest absolute Gasteiger partial charge is 0.456 e. The molecule has 0 unspecified atom stereocenters. The van der Waals surface area contributed by atoms with Crippen LogP contribution in [0.4, 0.5) is 0 Å². The third kappa shape index (κ3) is 4.51. The second kappa shape index (κ2) is 11.0. The van der Waals surface area contributed by atoms with Gasteiger partial charge in [0, 0.05) is 27.5 Å². The Morgan fingerprint density at radius 2 is 1.00 bits per heavy atom. The van der Waals surface area contributed by atoms with Gasteiger partial charge in [-0.15, -0.1) is 0 Å². The Labute approximate surface area is 282 Å². The fourth-order valence-electron chi connectivity index (χ4n) is 7.37. The van der Waals surface area contributed by atoms with Crippen molar-refractivity contribution in [1.29, 1.82) is 0 Å². The molecular formula is C46H28N2O. The van der Waals surface area contributed by atoms with Crippen LogP contribution >= 0.6 is 0 Å². The van der Waals surface area contributed by atoms with Crippen molar-refractivity contribution in [2.45, 2.75) is 0 Å². The predicted molar refractivity (Wildman–Crippen MR) is 204 cm³/mol. The smallest absolute Gasteiger partial charge is 0.161 e. The molecule has 0 aliphatic carbocycles. The summed E-state index contributed by atoms with van der Waals surface area (Å²) in [6, 6.07) is 59.7. The lowest BCUT2D eigenvalue weighted by Crippen LogP contribution is -1.98. The molecule has 3 heteroatoms. The zero-order chi connectivity index (χ0) is 32.3. The van der Waals surface area contributed by atoms with E-state index in [0.717, 1.165) is 77.3 Å². The molecule has 49 heavy (non-hydrogen) atoms. The molecule has 0 aliphatic rings. The van der Waals surface area contributed by atoms with E-state index in [4.69, 9.17) is 14.4 Å². The zero-order valence-electron chi connectivity index (χ0n) is 26.5. The Morgan fingerprint density at radius 1 is 0.347 bits per heavy atom. The van der Waals surface area contributed by atoms with Crippen LogP contribution in [0.2, 0.25) is 0 Å². The lowest BCUT2D eigenvalue weighted by molar-refractivity contribution is 0.669. The van der Waals surface area contributed by atoms with E-state index in [1.165, 1.54) is 16.2 Å². The van der Waals surface area contributed by atoms with Gasteiger partial charge in [0.15, 0.2) is 5.82 Å². The fourth-order valence-corrected chi connectivity index (χ4v) is 7.37. The number of rotatable bonds is 4. The highest BCUT2D eigenvalue weighted by Crippen LogP contribution is 2.41. The van der Waals surface area contributed by atoms with Gasteiger partial charge in [-0.1, -0.05) is 140 Å². The number of benzene rings is 8. The van der Waals surface area contributed by atoms with E-state index < -0.39 is 0 Å². The molecule has 0 spiro atoms. The molecule has 2 heterocycles. The van der Waals surface area contributed by atoms with E-state index in [1.54, 1.807) is 0 Å². The third-order valence-electron chi connectivity index (χ3n) is 9.68. The molecule has 0 N–H and O–H groups in total. The minimum absolute atomic E-state index is 0.692. The summed E-state index contributed by atoms with van der Waals surface area (Å²) in [5, 5.41) is 9.23. The number of aromatic nitrogens is 2. The molecule has 10 rings (SSSR count). The highest BCUT2D eigenvalue weighted by Gasteiger charge is 2.19. The fraction of sp³-hybridized carbons (Fsp3) is 0. The molecular weight excluding hydrogens is 597 g/mol.